The Hall–Kier alpha value is -3.54. The summed E-state index contributed by atoms with van der Waals surface area (Å²) in [5, 5.41) is 2.96. The Kier molecular flexibility index (Phi) is 6.02. The Morgan fingerprint density at radius 1 is 1.26 bits per heavy atom. The third kappa shape index (κ3) is 4.09. The number of halogens is 5. The van der Waals surface area contributed by atoms with Gasteiger partial charge in [0.1, 0.15) is 17.6 Å². The van der Waals surface area contributed by atoms with Gasteiger partial charge in [0, 0.05) is 24.1 Å². The molecule has 178 valence electrons. The number of aromatic nitrogens is 1. The number of rotatable bonds is 5. The van der Waals surface area contributed by atoms with E-state index in [1.807, 2.05) is 0 Å². The number of fused-ring (bicyclic) bond motifs is 1. The molecule has 13 heteroatoms. The molecule has 4 amide bonds. The van der Waals surface area contributed by atoms with E-state index in [1.165, 1.54) is 17.0 Å². The van der Waals surface area contributed by atoms with Gasteiger partial charge in [-0.2, -0.15) is 0 Å². The van der Waals surface area contributed by atoms with Gasteiger partial charge in [0.05, 0.1) is 11.2 Å². The number of nitrogens with one attached hydrogen (secondary N) is 2. The summed E-state index contributed by atoms with van der Waals surface area (Å²) in [4.78, 5) is 53.3. The first-order valence-electron chi connectivity index (χ1n) is 9.90. The Morgan fingerprint density at radius 2 is 2.00 bits per heavy atom. The van der Waals surface area contributed by atoms with Crippen LogP contribution in [0, 0.1) is 5.82 Å². The van der Waals surface area contributed by atoms with Gasteiger partial charge >= 0.3 is 0 Å². The summed E-state index contributed by atoms with van der Waals surface area (Å²) < 4.78 is 55.7. The molecule has 1 aromatic heterocycles. The van der Waals surface area contributed by atoms with Crippen LogP contribution in [0.5, 0.6) is 0 Å². The molecule has 1 saturated heterocycles. The van der Waals surface area contributed by atoms with Crippen molar-refractivity contribution in [2.24, 2.45) is 0 Å². The Balaban J connectivity index is 1.58. The van der Waals surface area contributed by atoms with Crippen molar-refractivity contribution in [1.29, 1.82) is 0 Å². The number of benzene rings is 1. The van der Waals surface area contributed by atoms with Crippen LogP contribution in [0.1, 0.15) is 44.8 Å². The average molecular weight is 499 g/mol. The normalized spacial score (nSPS) is 19.6. The van der Waals surface area contributed by atoms with E-state index in [2.05, 4.69) is 10.3 Å². The summed E-state index contributed by atoms with van der Waals surface area (Å²) in [6.45, 7) is -0.0808. The molecule has 2 aromatic rings. The molecular weight excluding hydrogens is 484 g/mol. The lowest BCUT2D eigenvalue weighted by Crippen LogP contribution is -2.52. The standard InChI is InChI=1S/C21H15ClF4N4O4/c22-13-6-11(23)7-27-16(13)21(26,20(24)25)29-17(32)9-1-2-12-10(5-9)8-30(19(12)34)14-3-4-15(31)28-18(14)33/h1-2,5-7,14,20H,3-4,8H2,(H,29,32)(H,28,31,33). The molecule has 2 aliphatic heterocycles. The second-order valence-electron chi connectivity index (χ2n) is 7.72. The number of carbonyl (C=O) groups excluding carboxylic acids is 4. The lowest BCUT2D eigenvalue weighted by Gasteiger charge is -2.29. The quantitative estimate of drug-likeness (QED) is 0.374. The molecule has 0 radical (unpaired) electrons. The molecule has 3 heterocycles. The molecule has 4 rings (SSSR count). The van der Waals surface area contributed by atoms with Crippen molar-refractivity contribution in [3.05, 3.63) is 63.7 Å². The van der Waals surface area contributed by atoms with Gasteiger partial charge in [-0.1, -0.05) is 11.6 Å². The summed E-state index contributed by atoms with van der Waals surface area (Å²) >= 11 is 5.67. The summed E-state index contributed by atoms with van der Waals surface area (Å²) in [7, 11) is 0. The van der Waals surface area contributed by atoms with E-state index in [0.717, 1.165) is 6.07 Å². The van der Waals surface area contributed by atoms with E-state index >= 15 is 4.39 Å². The van der Waals surface area contributed by atoms with Crippen LogP contribution in [-0.2, 0) is 21.9 Å². The van der Waals surface area contributed by atoms with Crippen LogP contribution in [0.4, 0.5) is 17.6 Å². The number of amides is 4. The third-order valence-corrected chi connectivity index (χ3v) is 5.82. The van der Waals surface area contributed by atoms with Crippen molar-refractivity contribution in [3.63, 3.8) is 0 Å². The van der Waals surface area contributed by atoms with E-state index in [0.29, 0.717) is 17.8 Å². The first-order chi connectivity index (χ1) is 16.0. The fourth-order valence-corrected chi connectivity index (χ4v) is 4.14. The first kappa shape index (κ1) is 23.6. The molecule has 1 fully saturated rings. The molecule has 0 saturated carbocycles. The second kappa shape index (κ2) is 8.67. The maximum atomic E-state index is 15.2. The van der Waals surface area contributed by atoms with E-state index in [1.54, 1.807) is 5.32 Å². The van der Waals surface area contributed by atoms with Gasteiger partial charge in [-0.05, 0) is 36.2 Å². The molecule has 0 aliphatic carbocycles. The van der Waals surface area contributed by atoms with Gasteiger partial charge in [0.2, 0.25) is 11.8 Å². The van der Waals surface area contributed by atoms with Gasteiger partial charge in [-0.15, -0.1) is 0 Å². The van der Waals surface area contributed by atoms with Crippen molar-refractivity contribution in [2.75, 3.05) is 0 Å². The van der Waals surface area contributed by atoms with Crippen molar-refractivity contribution in [1.82, 2.24) is 20.5 Å². The Bertz CT molecular complexity index is 1230. The predicted octanol–water partition coefficient (Wildman–Crippen LogP) is 2.45. The van der Waals surface area contributed by atoms with Crippen LogP contribution in [0.3, 0.4) is 0 Å². The number of hydrogen-bond acceptors (Lipinski definition) is 5. The third-order valence-electron chi connectivity index (χ3n) is 5.53. The minimum atomic E-state index is -3.82. The fraction of sp³-hybridized carbons (Fsp3) is 0.286. The van der Waals surface area contributed by atoms with Crippen molar-refractivity contribution in [2.45, 2.75) is 37.6 Å². The summed E-state index contributed by atoms with van der Waals surface area (Å²) in [6, 6.07) is 3.28. The average Bonchev–Trinajstić information content (AvgIpc) is 3.09. The van der Waals surface area contributed by atoms with E-state index in [4.69, 9.17) is 11.6 Å². The summed E-state index contributed by atoms with van der Waals surface area (Å²) in [5.74, 6) is -7.66. The zero-order valence-electron chi connectivity index (χ0n) is 17.1. The lowest BCUT2D eigenvalue weighted by atomic mass is 10.0. The highest BCUT2D eigenvalue weighted by atomic mass is 35.5. The molecule has 0 bridgehead atoms. The predicted molar refractivity (Wildman–Crippen MR) is 108 cm³/mol. The molecule has 2 N–H and O–H groups in total. The van der Waals surface area contributed by atoms with Gasteiger partial charge in [0.25, 0.3) is 24.0 Å². The van der Waals surface area contributed by atoms with Crippen LogP contribution in [0.25, 0.3) is 0 Å². The van der Waals surface area contributed by atoms with Crippen LogP contribution < -0.4 is 10.6 Å². The summed E-state index contributed by atoms with van der Waals surface area (Å²) in [6.07, 6.45) is -3.14. The highest BCUT2D eigenvalue weighted by molar-refractivity contribution is 6.31. The molecule has 34 heavy (non-hydrogen) atoms. The second-order valence-corrected chi connectivity index (χ2v) is 8.13. The number of pyridine rings is 1. The summed E-state index contributed by atoms with van der Waals surface area (Å²) in [5.41, 5.74) is -0.844. The fourth-order valence-electron chi connectivity index (χ4n) is 3.85. The minimum Gasteiger partial charge on any atom is -0.322 e. The maximum absolute atomic E-state index is 15.2. The largest absolute Gasteiger partial charge is 0.322 e. The highest BCUT2D eigenvalue weighted by Gasteiger charge is 2.47. The zero-order valence-corrected chi connectivity index (χ0v) is 17.8. The van der Waals surface area contributed by atoms with Crippen LogP contribution in [-0.4, -0.2) is 46.0 Å². The van der Waals surface area contributed by atoms with E-state index in [-0.39, 0.29) is 30.5 Å². The number of piperidine rings is 1. The SMILES string of the molecule is O=C1CCC(N2Cc3cc(C(=O)NC(F)(c4ncc(F)cc4Cl)C(F)F)ccc3C2=O)C(=O)N1. The zero-order chi connectivity index (χ0) is 24.8. The minimum absolute atomic E-state index is 0.0520. The smallest absolute Gasteiger partial charge is 0.296 e. The van der Waals surface area contributed by atoms with Crippen molar-refractivity contribution in [3.8, 4) is 0 Å². The Morgan fingerprint density at radius 3 is 2.65 bits per heavy atom. The van der Waals surface area contributed by atoms with Gasteiger partial charge in [-0.25, -0.2) is 17.6 Å². The molecule has 2 atom stereocenters. The van der Waals surface area contributed by atoms with Crippen LogP contribution in [0.2, 0.25) is 5.02 Å². The van der Waals surface area contributed by atoms with Crippen molar-refractivity contribution < 1.29 is 36.7 Å². The van der Waals surface area contributed by atoms with E-state index in [9.17, 15) is 32.3 Å². The van der Waals surface area contributed by atoms with Crippen LogP contribution >= 0.6 is 11.6 Å². The molecular formula is C21H15ClF4N4O4. The molecule has 2 unspecified atom stereocenters. The monoisotopic (exact) mass is 498 g/mol. The molecule has 2 aliphatic rings. The van der Waals surface area contributed by atoms with E-state index < -0.39 is 58.4 Å². The first-order valence-corrected chi connectivity index (χ1v) is 10.3. The number of carbonyl (C=O) groups is 4. The van der Waals surface area contributed by atoms with Crippen LogP contribution in [0.15, 0.2) is 30.5 Å². The molecule has 8 nitrogen and oxygen atoms in total. The Labute approximate surface area is 194 Å². The number of alkyl halides is 3. The van der Waals surface area contributed by atoms with Gasteiger partial charge in [0.15, 0.2) is 0 Å². The van der Waals surface area contributed by atoms with Gasteiger partial charge < -0.3 is 10.2 Å². The number of hydrogen-bond donors (Lipinski definition) is 2. The maximum Gasteiger partial charge on any atom is 0.296 e. The van der Waals surface area contributed by atoms with Crippen molar-refractivity contribution >= 4 is 35.2 Å². The lowest BCUT2D eigenvalue weighted by molar-refractivity contribution is -0.136. The molecule has 0 spiro atoms. The topological polar surface area (TPSA) is 108 Å². The number of nitrogens with zero attached hydrogens (tertiary/aromatic N) is 2. The molecule has 1 aromatic carbocycles. The number of imide groups is 1. The highest BCUT2D eigenvalue weighted by Crippen LogP contribution is 2.34. The van der Waals surface area contributed by atoms with Gasteiger partial charge in [-0.3, -0.25) is 29.5 Å².